The van der Waals surface area contributed by atoms with Gasteiger partial charge < -0.3 is 0 Å². The van der Waals surface area contributed by atoms with Gasteiger partial charge in [-0.15, -0.1) is 11.3 Å². The molecular weight excluding hydrogens is 216 g/mol. The molecule has 0 saturated heterocycles. The average Bonchev–Trinajstić information content (AvgIpc) is 2.76. The molecule has 0 saturated carbocycles. The van der Waals surface area contributed by atoms with Gasteiger partial charge in [0.2, 0.25) is 0 Å². The quantitative estimate of drug-likeness (QED) is 0.802. The molecule has 0 bridgehead atoms. The number of fused-ring (bicyclic) bond motifs is 1. The molecule has 0 fully saturated rings. The molecule has 1 aliphatic heterocycles. The number of hydrogen-bond acceptors (Lipinski definition) is 3. The Morgan fingerprint density at radius 1 is 1.69 bits per heavy atom. The highest BCUT2D eigenvalue weighted by Crippen LogP contribution is 2.34. The minimum Gasteiger partial charge on any atom is -0.292 e. The van der Waals surface area contributed by atoms with Crippen molar-refractivity contribution < 1.29 is 0 Å². The van der Waals surface area contributed by atoms with Crippen molar-refractivity contribution in [2.45, 2.75) is 45.2 Å². The number of hydrogen-bond donors (Lipinski definition) is 0. The van der Waals surface area contributed by atoms with Gasteiger partial charge in [-0.25, -0.2) is 0 Å². The molecule has 0 N–H and O–H groups in total. The van der Waals surface area contributed by atoms with Crippen molar-refractivity contribution in [3.05, 3.63) is 21.9 Å². The Balaban J connectivity index is 2.17. The summed E-state index contributed by atoms with van der Waals surface area (Å²) in [6, 6.07) is 5.47. The Bertz CT molecular complexity index is 391. The van der Waals surface area contributed by atoms with E-state index in [1.165, 1.54) is 10.4 Å². The van der Waals surface area contributed by atoms with Crippen LogP contribution in [0.3, 0.4) is 0 Å². The van der Waals surface area contributed by atoms with Crippen molar-refractivity contribution in [2.24, 2.45) is 0 Å². The summed E-state index contributed by atoms with van der Waals surface area (Å²) in [6.45, 7) is 5.55. The molecule has 1 aromatic heterocycles. The second kappa shape index (κ2) is 4.99. The first-order valence-corrected chi connectivity index (χ1v) is 6.84. The summed E-state index contributed by atoms with van der Waals surface area (Å²) in [4.78, 5) is 4.04. The van der Waals surface area contributed by atoms with Crippen LogP contribution in [0.4, 0.5) is 0 Å². The van der Waals surface area contributed by atoms with Gasteiger partial charge in [0.1, 0.15) is 0 Å². The van der Waals surface area contributed by atoms with Crippen LogP contribution in [0.25, 0.3) is 0 Å². The van der Waals surface area contributed by atoms with Gasteiger partial charge in [0.15, 0.2) is 0 Å². The van der Waals surface area contributed by atoms with E-state index in [0.717, 1.165) is 19.4 Å². The Labute approximate surface area is 102 Å². The Morgan fingerprint density at radius 2 is 2.50 bits per heavy atom. The maximum absolute atomic E-state index is 8.87. The number of thiophene rings is 1. The summed E-state index contributed by atoms with van der Waals surface area (Å²) < 4.78 is 0. The molecule has 2 nitrogen and oxygen atoms in total. The van der Waals surface area contributed by atoms with Crippen LogP contribution in [-0.2, 0) is 6.42 Å². The van der Waals surface area contributed by atoms with Crippen LogP contribution in [0.15, 0.2) is 11.4 Å². The monoisotopic (exact) mass is 234 g/mol. The van der Waals surface area contributed by atoms with Crippen molar-refractivity contribution >= 4 is 11.3 Å². The number of nitrogens with zero attached hydrogens (tertiary/aromatic N) is 2. The lowest BCUT2D eigenvalue weighted by Gasteiger charge is -2.38. The largest absolute Gasteiger partial charge is 0.292 e. The second-order valence-corrected chi connectivity index (χ2v) is 5.39. The summed E-state index contributed by atoms with van der Waals surface area (Å²) >= 11 is 1.87. The van der Waals surface area contributed by atoms with E-state index >= 15 is 0 Å². The van der Waals surface area contributed by atoms with Crippen molar-refractivity contribution in [2.75, 3.05) is 6.54 Å². The van der Waals surface area contributed by atoms with Gasteiger partial charge in [0, 0.05) is 23.5 Å². The number of rotatable bonds is 3. The fourth-order valence-corrected chi connectivity index (χ4v) is 3.59. The molecule has 0 aliphatic carbocycles. The molecule has 2 atom stereocenters. The van der Waals surface area contributed by atoms with E-state index in [2.05, 4.69) is 36.3 Å². The lowest BCUT2D eigenvalue weighted by Crippen LogP contribution is -2.40. The molecule has 2 heterocycles. The second-order valence-electron chi connectivity index (χ2n) is 4.39. The van der Waals surface area contributed by atoms with E-state index in [0.29, 0.717) is 18.5 Å². The summed E-state index contributed by atoms with van der Waals surface area (Å²) in [7, 11) is 0. The van der Waals surface area contributed by atoms with Crippen LogP contribution in [-0.4, -0.2) is 17.5 Å². The standard InChI is InChI=1S/C13H18N2S/c1-3-11(4-7-14)15-8-5-13-12(10(15)2)6-9-16-13/h6,9-11H,3-5,8H2,1-2H3. The molecular formula is C13H18N2S. The molecule has 16 heavy (non-hydrogen) atoms. The minimum absolute atomic E-state index is 0.424. The summed E-state index contributed by atoms with van der Waals surface area (Å²) in [5.41, 5.74) is 1.48. The number of nitriles is 1. The molecule has 0 aromatic carbocycles. The molecule has 0 spiro atoms. The molecule has 86 valence electrons. The van der Waals surface area contributed by atoms with Crippen LogP contribution < -0.4 is 0 Å². The lowest BCUT2D eigenvalue weighted by atomic mass is 9.97. The van der Waals surface area contributed by atoms with Gasteiger partial charge in [-0.2, -0.15) is 5.26 Å². The van der Waals surface area contributed by atoms with Gasteiger partial charge in [0.05, 0.1) is 12.5 Å². The van der Waals surface area contributed by atoms with Gasteiger partial charge in [-0.05, 0) is 36.8 Å². The van der Waals surface area contributed by atoms with Crippen molar-refractivity contribution in [1.29, 1.82) is 5.26 Å². The van der Waals surface area contributed by atoms with E-state index < -0.39 is 0 Å². The summed E-state index contributed by atoms with van der Waals surface area (Å²) in [5, 5.41) is 11.1. The van der Waals surface area contributed by atoms with E-state index in [9.17, 15) is 0 Å². The highest BCUT2D eigenvalue weighted by molar-refractivity contribution is 7.10. The molecule has 1 aromatic rings. The van der Waals surface area contributed by atoms with Crippen LogP contribution in [0, 0.1) is 11.3 Å². The minimum atomic E-state index is 0.424. The molecule has 3 heteroatoms. The maximum Gasteiger partial charge on any atom is 0.0638 e. The highest BCUT2D eigenvalue weighted by atomic mass is 32.1. The first-order chi connectivity index (χ1) is 7.77. The smallest absolute Gasteiger partial charge is 0.0638 e. The zero-order valence-electron chi connectivity index (χ0n) is 9.94. The third-order valence-electron chi connectivity index (χ3n) is 3.59. The average molecular weight is 234 g/mol. The van der Waals surface area contributed by atoms with Crippen molar-refractivity contribution in [1.82, 2.24) is 4.90 Å². The first-order valence-electron chi connectivity index (χ1n) is 5.96. The van der Waals surface area contributed by atoms with E-state index in [1.54, 1.807) is 0 Å². The van der Waals surface area contributed by atoms with Crippen molar-refractivity contribution in [3.8, 4) is 6.07 Å². The third-order valence-corrected chi connectivity index (χ3v) is 4.59. The molecule has 2 rings (SSSR count). The van der Waals surface area contributed by atoms with Gasteiger partial charge in [0.25, 0.3) is 0 Å². The molecule has 1 aliphatic rings. The van der Waals surface area contributed by atoms with Crippen LogP contribution >= 0.6 is 11.3 Å². The highest BCUT2D eigenvalue weighted by Gasteiger charge is 2.28. The Kier molecular flexibility index (Phi) is 3.63. The van der Waals surface area contributed by atoms with Gasteiger partial charge in [-0.1, -0.05) is 6.92 Å². The van der Waals surface area contributed by atoms with Crippen LogP contribution in [0.1, 0.15) is 43.2 Å². The van der Waals surface area contributed by atoms with Crippen LogP contribution in [0.2, 0.25) is 0 Å². The zero-order chi connectivity index (χ0) is 11.5. The maximum atomic E-state index is 8.87. The predicted octanol–water partition coefficient (Wildman–Crippen LogP) is 3.36. The van der Waals surface area contributed by atoms with Gasteiger partial charge >= 0.3 is 0 Å². The normalized spacial score (nSPS) is 22.4. The lowest BCUT2D eigenvalue weighted by molar-refractivity contribution is 0.133. The summed E-state index contributed by atoms with van der Waals surface area (Å²) in [6.07, 6.45) is 2.87. The third kappa shape index (κ3) is 2.00. The van der Waals surface area contributed by atoms with Gasteiger partial charge in [-0.3, -0.25) is 4.90 Å². The van der Waals surface area contributed by atoms with Crippen molar-refractivity contribution in [3.63, 3.8) is 0 Å². The Hall–Kier alpha value is -0.850. The zero-order valence-corrected chi connectivity index (χ0v) is 10.8. The van der Waals surface area contributed by atoms with Crippen LogP contribution in [0.5, 0.6) is 0 Å². The molecule has 0 radical (unpaired) electrons. The van der Waals surface area contributed by atoms with E-state index in [-0.39, 0.29) is 0 Å². The topological polar surface area (TPSA) is 27.0 Å². The van der Waals surface area contributed by atoms with E-state index in [1.807, 2.05) is 11.3 Å². The molecule has 2 unspecified atom stereocenters. The first kappa shape index (κ1) is 11.6. The fourth-order valence-electron chi connectivity index (χ4n) is 2.63. The molecule has 0 amide bonds. The SMILES string of the molecule is CCC(CC#N)N1CCc2sccc2C1C. The predicted molar refractivity (Wildman–Crippen MR) is 67.5 cm³/mol. The summed E-state index contributed by atoms with van der Waals surface area (Å²) in [5.74, 6) is 0. The Morgan fingerprint density at radius 3 is 3.19 bits per heavy atom. The van der Waals surface area contributed by atoms with E-state index in [4.69, 9.17) is 5.26 Å². The fraction of sp³-hybridized carbons (Fsp3) is 0.615.